The predicted octanol–water partition coefficient (Wildman–Crippen LogP) is 2.66. The van der Waals surface area contributed by atoms with Crippen molar-refractivity contribution >= 4 is 39.7 Å². The van der Waals surface area contributed by atoms with Crippen LogP contribution in [-0.4, -0.2) is 35.1 Å². The summed E-state index contributed by atoms with van der Waals surface area (Å²) in [6.07, 6.45) is 6.09. The number of benzene rings is 1. The minimum Gasteiger partial charge on any atom is -0.368 e. The number of para-hydroxylation sites is 1. The first kappa shape index (κ1) is 19.3. The van der Waals surface area contributed by atoms with Crippen LogP contribution in [0.25, 0.3) is 0 Å². The molecule has 7 nitrogen and oxygen atoms in total. The number of nitrogens with two attached hydrogens (primary N) is 1. The number of aryl methyl sites for hydroxylation is 2. The zero-order valence-corrected chi connectivity index (χ0v) is 16.9. The molecule has 1 aromatic carbocycles. The third kappa shape index (κ3) is 3.80. The molecular weight excluding hydrogens is 386 g/mol. The summed E-state index contributed by atoms with van der Waals surface area (Å²) in [5.74, 6) is -0.777. The molecular formula is C21H23N5O2S. The summed E-state index contributed by atoms with van der Waals surface area (Å²) in [4.78, 5) is 32.9. The van der Waals surface area contributed by atoms with Crippen molar-refractivity contribution < 1.29 is 9.59 Å². The molecule has 1 atom stereocenters. The van der Waals surface area contributed by atoms with Gasteiger partial charge in [0.1, 0.15) is 11.8 Å². The van der Waals surface area contributed by atoms with Crippen LogP contribution in [0, 0.1) is 0 Å². The molecule has 0 fully saturated rings. The van der Waals surface area contributed by atoms with Gasteiger partial charge in [-0.25, -0.2) is 4.98 Å². The number of primary amides is 1. The Hall–Kier alpha value is -3.00. The molecule has 8 heteroatoms. The Balaban J connectivity index is 1.64. The van der Waals surface area contributed by atoms with Crippen LogP contribution in [0.5, 0.6) is 0 Å². The van der Waals surface area contributed by atoms with E-state index in [4.69, 9.17) is 10.7 Å². The molecule has 1 aromatic heterocycles. The van der Waals surface area contributed by atoms with Gasteiger partial charge in [0.25, 0.3) is 5.91 Å². The largest absolute Gasteiger partial charge is 0.368 e. The fraction of sp³-hybridized carbons (Fsp3) is 0.333. The van der Waals surface area contributed by atoms with Crippen LogP contribution < -0.4 is 15.6 Å². The first-order valence-corrected chi connectivity index (χ1v) is 10.5. The SMILES string of the molecule is C=CCN(C(=O)C1=NN(c2ccccc2)[C@@H](C(N)=O)C1)c1nc2c(s1)CCCC2. The lowest BCUT2D eigenvalue weighted by Gasteiger charge is -2.20. The lowest BCUT2D eigenvalue weighted by molar-refractivity contribution is -0.119. The van der Waals surface area contributed by atoms with E-state index in [1.54, 1.807) is 22.3 Å². The average molecular weight is 410 g/mol. The van der Waals surface area contributed by atoms with E-state index in [1.165, 1.54) is 9.89 Å². The van der Waals surface area contributed by atoms with Crippen molar-refractivity contribution in [1.29, 1.82) is 0 Å². The number of anilines is 2. The Morgan fingerprint density at radius 3 is 2.72 bits per heavy atom. The normalized spacial score (nSPS) is 18.1. The number of amides is 2. The van der Waals surface area contributed by atoms with Gasteiger partial charge in [0.2, 0.25) is 5.91 Å². The van der Waals surface area contributed by atoms with Gasteiger partial charge in [0.15, 0.2) is 5.13 Å². The van der Waals surface area contributed by atoms with Crippen molar-refractivity contribution in [2.24, 2.45) is 10.8 Å². The topological polar surface area (TPSA) is 91.9 Å². The molecule has 2 aromatic rings. The first-order chi connectivity index (χ1) is 14.1. The van der Waals surface area contributed by atoms with Gasteiger partial charge in [-0.3, -0.25) is 19.5 Å². The Kier molecular flexibility index (Phi) is 5.44. The summed E-state index contributed by atoms with van der Waals surface area (Å²) < 4.78 is 0. The summed E-state index contributed by atoms with van der Waals surface area (Å²) in [6, 6.07) is 8.57. The van der Waals surface area contributed by atoms with Crippen LogP contribution in [0.3, 0.4) is 0 Å². The minimum absolute atomic E-state index is 0.168. The number of carbonyl (C=O) groups excluding carboxylic acids is 2. The van der Waals surface area contributed by atoms with Crippen LogP contribution in [0.4, 0.5) is 10.8 Å². The second-order valence-electron chi connectivity index (χ2n) is 7.13. The number of carbonyl (C=O) groups is 2. The van der Waals surface area contributed by atoms with Crippen LogP contribution in [0.15, 0.2) is 48.1 Å². The summed E-state index contributed by atoms with van der Waals surface area (Å²) in [6.45, 7) is 4.11. The Labute approximate surface area is 173 Å². The molecule has 0 spiro atoms. The van der Waals surface area contributed by atoms with E-state index < -0.39 is 11.9 Å². The van der Waals surface area contributed by atoms with E-state index in [2.05, 4.69) is 11.7 Å². The molecule has 4 rings (SSSR count). The van der Waals surface area contributed by atoms with Gasteiger partial charge in [-0.2, -0.15) is 5.10 Å². The number of hydrazone groups is 1. The van der Waals surface area contributed by atoms with Gasteiger partial charge in [-0.05, 0) is 37.8 Å². The Morgan fingerprint density at radius 1 is 1.28 bits per heavy atom. The molecule has 0 radical (unpaired) electrons. The number of hydrogen-bond donors (Lipinski definition) is 1. The minimum atomic E-state index is -0.688. The van der Waals surface area contributed by atoms with E-state index >= 15 is 0 Å². The highest BCUT2D eigenvalue weighted by molar-refractivity contribution is 7.16. The van der Waals surface area contributed by atoms with Crippen LogP contribution >= 0.6 is 11.3 Å². The molecule has 0 saturated heterocycles. The molecule has 2 heterocycles. The van der Waals surface area contributed by atoms with E-state index in [-0.39, 0.29) is 12.3 Å². The zero-order valence-electron chi connectivity index (χ0n) is 16.1. The fourth-order valence-corrected chi connectivity index (χ4v) is 4.82. The second kappa shape index (κ2) is 8.16. The third-order valence-electron chi connectivity index (χ3n) is 5.13. The number of rotatable bonds is 6. The standard InChI is InChI=1S/C21H23N5O2S/c1-2-12-25(21-23-15-10-6-7-11-18(15)29-21)20(28)16-13-17(19(22)27)26(24-16)14-8-4-3-5-9-14/h2-5,8-9,17H,1,6-7,10-13H2,(H2,22,27)/t17-/m1/s1. The highest BCUT2D eigenvalue weighted by atomic mass is 32.1. The quantitative estimate of drug-likeness (QED) is 0.743. The van der Waals surface area contributed by atoms with E-state index in [9.17, 15) is 9.59 Å². The van der Waals surface area contributed by atoms with Crippen molar-refractivity contribution in [3.8, 4) is 0 Å². The smallest absolute Gasteiger partial charge is 0.276 e. The lowest BCUT2D eigenvalue weighted by atomic mass is 10.0. The van der Waals surface area contributed by atoms with Crippen molar-refractivity contribution in [3.05, 3.63) is 53.6 Å². The maximum atomic E-state index is 13.3. The number of fused-ring (bicyclic) bond motifs is 1. The highest BCUT2D eigenvalue weighted by Gasteiger charge is 2.37. The fourth-order valence-electron chi connectivity index (χ4n) is 3.67. The van der Waals surface area contributed by atoms with Crippen LogP contribution in [0.2, 0.25) is 0 Å². The summed E-state index contributed by atoms with van der Waals surface area (Å²) in [7, 11) is 0. The Bertz CT molecular complexity index is 945. The average Bonchev–Trinajstić information content (AvgIpc) is 3.37. The molecule has 2 amide bonds. The van der Waals surface area contributed by atoms with Crippen LogP contribution in [-0.2, 0) is 22.4 Å². The molecule has 2 N–H and O–H groups in total. The monoisotopic (exact) mass is 409 g/mol. The molecule has 0 bridgehead atoms. The number of thiazole rings is 1. The molecule has 2 aliphatic rings. The molecule has 0 unspecified atom stereocenters. The second-order valence-corrected chi connectivity index (χ2v) is 8.19. The van der Waals surface area contributed by atoms with Crippen molar-refractivity contribution in [2.75, 3.05) is 16.5 Å². The molecule has 150 valence electrons. The van der Waals surface area contributed by atoms with Gasteiger partial charge in [0.05, 0.1) is 11.4 Å². The van der Waals surface area contributed by atoms with Crippen molar-refractivity contribution in [1.82, 2.24) is 4.98 Å². The van der Waals surface area contributed by atoms with Crippen molar-refractivity contribution in [3.63, 3.8) is 0 Å². The lowest BCUT2D eigenvalue weighted by Crippen LogP contribution is -2.40. The van der Waals surface area contributed by atoms with Crippen molar-refractivity contribution in [2.45, 2.75) is 38.1 Å². The van der Waals surface area contributed by atoms with E-state index in [0.717, 1.165) is 37.1 Å². The number of nitrogens with zero attached hydrogens (tertiary/aromatic N) is 4. The van der Waals surface area contributed by atoms with Gasteiger partial charge >= 0.3 is 0 Å². The summed E-state index contributed by atoms with van der Waals surface area (Å²) >= 11 is 1.56. The van der Waals surface area contributed by atoms with Gasteiger partial charge < -0.3 is 5.73 Å². The van der Waals surface area contributed by atoms with Gasteiger partial charge in [-0.1, -0.05) is 24.3 Å². The van der Waals surface area contributed by atoms with E-state index in [1.807, 2.05) is 30.3 Å². The van der Waals surface area contributed by atoms with Gasteiger partial charge in [-0.15, -0.1) is 17.9 Å². The molecule has 1 aliphatic heterocycles. The summed E-state index contributed by atoms with van der Waals surface area (Å²) in [5.41, 5.74) is 7.70. The number of aromatic nitrogens is 1. The molecule has 0 saturated carbocycles. The van der Waals surface area contributed by atoms with E-state index in [0.29, 0.717) is 17.4 Å². The highest BCUT2D eigenvalue weighted by Crippen LogP contribution is 2.33. The predicted molar refractivity (Wildman–Crippen MR) is 115 cm³/mol. The third-order valence-corrected chi connectivity index (χ3v) is 6.31. The maximum Gasteiger partial charge on any atom is 0.276 e. The molecule has 1 aliphatic carbocycles. The van der Waals surface area contributed by atoms with Gasteiger partial charge in [0, 0.05) is 17.8 Å². The Morgan fingerprint density at radius 2 is 2.03 bits per heavy atom. The van der Waals surface area contributed by atoms with Crippen LogP contribution in [0.1, 0.15) is 29.8 Å². The zero-order chi connectivity index (χ0) is 20.4. The maximum absolute atomic E-state index is 13.3. The summed E-state index contributed by atoms with van der Waals surface area (Å²) in [5, 5.41) is 6.67. The first-order valence-electron chi connectivity index (χ1n) is 9.71. The number of hydrogen-bond acceptors (Lipinski definition) is 6. The molecule has 29 heavy (non-hydrogen) atoms.